The predicted octanol–water partition coefficient (Wildman–Crippen LogP) is 4.74. The molecule has 3 aromatic carbocycles. The first kappa shape index (κ1) is 16.3. The second-order valence-electron chi connectivity index (χ2n) is 5.04. The van der Waals surface area contributed by atoms with Crippen molar-refractivity contribution in [1.82, 2.24) is 0 Å². The maximum Gasteiger partial charge on any atom is 0.534 e. The van der Waals surface area contributed by atoms with Gasteiger partial charge in [0.1, 0.15) is 5.75 Å². The van der Waals surface area contributed by atoms with Crippen LogP contribution in [0, 0.1) is 0 Å². The molecule has 0 unspecified atom stereocenters. The first-order valence-electron chi connectivity index (χ1n) is 6.87. The summed E-state index contributed by atoms with van der Waals surface area (Å²) < 4.78 is 63.9. The van der Waals surface area contributed by atoms with Gasteiger partial charge < -0.3 is 4.18 Å². The highest BCUT2D eigenvalue weighted by Gasteiger charge is 2.48. The highest BCUT2D eigenvalue weighted by molar-refractivity contribution is 7.88. The Balaban J connectivity index is 2.11. The van der Waals surface area contributed by atoms with E-state index < -0.39 is 15.6 Å². The fourth-order valence-corrected chi connectivity index (χ4v) is 2.80. The van der Waals surface area contributed by atoms with Crippen molar-refractivity contribution in [2.75, 3.05) is 0 Å². The quantitative estimate of drug-likeness (QED) is 0.505. The molecule has 0 N–H and O–H groups in total. The van der Waals surface area contributed by atoms with Gasteiger partial charge in [0, 0.05) is 0 Å². The van der Waals surface area contributed by atoms with E-state index in [0.29, 0.717) is 5.39 Å². The number of alkyl halides is 3. The van der Waals surface area contributed by atoms with Crippen LogP contribution in [0.1, 0.15) is 0 Å². The van der Waals surface area contributed by atoms with Crippen LogP contribution in [-0.4, -0.2) is 13.9 Å². The molecule has 7 heteroatoms. The Bertz CT molecular complexity index is 981. The van der Waals surface area contributed by atoms with Gasteiger partial charge in [-0.2, -0.15) is 21.6 Å². The minimum Gasteiger partial charge on any atom is -0.376 e. The van der Waals surface area contributed by atoms with Crippen LogP contribution >= 0.6 is 0 Å². The van der Waals surface area contributed by atoms with Crippen molar-refractivity contribution < 1.29 is 25.8 Å². The van der Waals surface area contributed by atoms with Gasteiger partial charge in [-0.25, -0.2) is 0 Å². The summed E-state index contributed by atoms with van der Waals surface area (Å²) in [5.74, 6) is -0.386. The summed E-state index contributed by atoms with van der Waals surface area (Å²) in [5, 5.41) is 1.35. The number of benzene rings is 3. The Kier molecular flexibility index (Phi) is 3.96. The Morgan fingerprint density at radius 2 is 1.54 bits per heavy atom. The van der Waals surface area contributed by atoms with Crippen LogP contribution in [0.5, 0.6) is 5.75 Å². The minimum atomic E-state index is -5.70. The monoisotopic (exact) mass is 352 g/mol. The molecular formula is C17H11F3O3S. The smallest absolute Gasteiger partial charge is 0.376 e. The van der Waals surface area contributed by atoms with Crippen molar-refractivity contribution >= 4 is 20.9 Å². The molecule has 0 fully saturated rings. The number of fused-ring (bicyclic) bond motifs is 1. The average molecular weight is 352 g/mol. The molecule has 0 heterocycles. The van der Waals surface area contributed by atoms with E-state index in [4.69, 9.17) is 0 Å². The molecule has 0 amide bonds. The van der Waals surface area contributed by atoms with Crippen molar-refractivity contribution in [3.8, 4) is 16.9 Å². The van der Waals surface area contributed by atoms with Crippen LogP contribution in [0.15, 0.2) is 66.7 Å². The Labute approximate surface area is 136 Å². The van der Waals surface area contributed by atoms with Crippen LogP contribution in [0.4, 0.5) is 13.2 Å². The number of hydrogen-bond donors (Lipinski definition) is 0. The zero-order valence-corrected chi connectivity index (χ0v) is 12.9. The summed E-state index contributed by atoms with van der Waals surface area (Å²) in [4.78, 5) is 0. The summed E-state index contributed by atoms with van der Waals surface area (Å²) in [6.07, 6.45) is 0. The van der Waals surface area contributed by atoms with Gasteiger partial charge >= 0.3 is 15.6 Å². The SMILES string of the molecule is O=S(=O)(Oc1ccc2cccc(-c3ccccc3)c2c1)C(F)(F)F. The van der Waals surface area contributed by atoms with Gasteiger partial charge in [-0.1, -0.05) is 54.6 Å². The van der Waals surface area contributed by atoms with Crippen LogP contribution < -0.4 is 4.18 Å². The number of hydrogen-bond acceptors (Lipinski definition) is 3. The van der Waals surface area contributed by atoms with E-state index in [1.165, 1.54) is 18.2 Å². The van der Waals surface area contributed by atoms with E-state index >= 15 is 0 Å². The Hall–Kier alpha value is -2.54. The molecule has 0 aliphatic carbocycles. The average Bonchev–Trinajstić information content (AvgIpc) is 2.53. The van der Waals surface area contributed by atoms with E-state index in [2.05, 4.69) is 4.18 Å². The van der Waals surface area contributed by atoms with E-state index in [-0.39, 0.29) is 5.75 Å². The minimum absolute atomic E-state index is 0.386. The van der Waals surface area contributed by atoms with Crippen molar-refractivity contribution in [3.63, 3.8) is 0 Å². The van der Waals surface area contributed by atoms with Crippen molar-refractivity contribution in [2.24, 2.45) is 0 Å². The first-order valence-corrected chi connectivity index (χ1v) is 8.28. The fraction of sp³-hybridized carbons (Fsp3) is 0.0588. The molecule has 0 aliphatic rings. The normalized spacial score (nSPS) is 12.3. The third kappa shape index (κ3) is 3.07. The van der Waals surface area contributed by atoms with Gasteiger partial charge in [0.25, 0.3) is 0 Å². The van der Waals surface area contributed by atoms with Gasteiger partial charge in [-0.3, -0.25) is 0 Å². The van der Waals surface area contributed by atoms with Crippen molar-refractivity contribution in [3.05, 3.63) is 66.7 Å². The molecule has 3 nitrogen and oxygen atoms in total. The summed E-state index contributed by atoms with van der Waals surface area (Å²) in [6, 6.07) is 18.6. The molecule has 24 heavy (non-hydrogen) atoms. The number of rotatable bonds is 3. The molecule has 0 aromatic heterocycles. The molecule has 0 atom stereocenters. The predicted molar refractivity (Wildman–Crippen MR) is 85.0 cm³/mol. The molecule has 3 rings (SSSR count). The van der Waals surface area contributed by atoms with Crippen LogP contribution in [-0.2, 0) is 10.1 Å². The lowest BCUT2D eigenvalue weighted by Crippen LogP contribution is -2.28. The van der Waals surface area contributed by atoms with Crippen LogP contribution in [0.2, 0.25) is 0 Å². The highest BCUT2D eigenvalue weighted by atomic mass is 32.2. The lowest BCUT2D eigenvalue weighted by Gasteiger charge is -2.11. The van der Waals surface area contributed by atoms with Crippen molar-refractivity contribution in [1.29, 1.82) is 0 Å². The third-order valence-electron chi connectivity index (χ3n) is 3.43. The van der Waals surface area contributed by atoms with Crippen LogP contribution in [0.25, 0.3) is 21.9 Å². The largest absolute Gasteiger partial charge is 0.534 e. The second kappa shape index (κ2) is 5.83. The maximum absolute atomic E-state index is 12.5. The Morgan fingerprint density at radius 3 is 2.21 bits per heavy atom. The second-order valence-corrected chi connectivity index (χ2v) is 6.58. The number of halogens is 3. The molecule has 0 bridgehead atoms. The third-order valence-corrected chi connectivity index (χ3v) is 4.41. The molecule has 0 spiro atoms. The summed E-state index contributed by atoms with van der Waals surface area (Å²) in [7, 11) is -5.70. The highest BCUT2D eigenvalue weighted by Crippen LogP contribution is 2.33. The lowest BCUT2D eigenvalue weighted by atomic mass is 9.98. The van der Waals surface area contributed by atoms with Gasteiger partial charge in [0.05, 0.1) is 0 Å². The zero-order valence-electron chi connectivity index (χ0n) is 12.1. The topological polar surface area (TPSA) is 43.4 Å². The van der Waals surface area contributed by atoms with E-state index in [1.807, 2.05) is 36.4 Å². The molecule has 0 aliphatic heterocycles. The summed E-state index contributed by atoms with van der Waals surface area (Å²) in [5.41, 5.74) is -3.84. The molecular weight excluding hydrogens is 341 g/mol. The molecule has 0 saturated carbocycles. The first-order chi connectivity index (χ1) is 11.3. The molecule has 124 valence electrons. The van der Waals surface area contributed by atoms with Crippen molar-refractivity contribution in [2.45, 2.75) is 5.51 Å². The fourth-order valence-electron chi connectivity index (χ4n) is 2.35. The standard InChI is InChI=1S/C17H11F3O3S/c18-17(19,20)24(21,22)23-14-10-9-13-7-4-8-15(16(13)11-14)12-5-2-1-3-6-12/h1-11H. The summed E-state index contributed by atoms with van der Waals surface area (Å²) in [6.45, 7) is 0. The van der Waals surface area contributed by atoms with E-state index in [0.717, 1.165) is 16.5 Å². The Morgan fingerprint density at radius 1 is 0.833 bits per heavy atom. The van der Waals surface area contributed by atoms with E-state index in [1.54, 1.807) is 12.1 Å². The van der Waals surface area contributed by atoms with Gasteiger partial charge in [0.15, 0.2) is 0 Å². The summed E-state index contributed by atoms with van der Waals surface area (Å²) >= 11 is 0. The molecule has 3 aromatic rings. The lowest BCUT2D eigenvalue weighted by molar-refractivity contribution is -0.0500. The van der Waals surface area contributed by atoms with Gasteiger partial charge in [-0.15, -0.1) is 0 Å². The zero-order chi connectivity index (χ0) is 17.4. The molecule has 0 radical (unpaired) electrons. The van der Waals surface area contributed by atoms with Gasteiger partial charge in [0.2, 0.25) is 0 Å². The van der Waals surface area contributed by atoms with Gasteiger partial charge in [-0.05, 0) is 34.0 Å². The van der Waals surface area contributed by atoms with Crippen LogP contribution in [0.3, 0.4) is 0 Å². The molecule has 0 saturated heterocycles. The maximum atomic E-state index is 12.5. The van der Waals surface area contributed by atoms with E-state index in [9.17, 15) is 21.6 Å².